The van der Waals surface area contributed by atoms with Crippen molar-refractivity contribution in [3.63, 3.8) is 0 Å². The minimum absolute atomic E-state index is 0.754. The highest BCUT2D eigenvalue weighted by Gasteiger charge is 2.22. The first-order valence-corrected chi connectivity index (χ1v) is 10.4. The van der Waals surface area contributed by atoms with Gasteiger partial charge in [-0.3, -0.25) is 0 Å². The van der Waals surface area contributed by atoms with Crippen molar-refractivity contribution in [2.75, 3.05) is 38.1 Å². The fourth-order valence-electron chi connectivity index (χ4n) is 4.11. The predicted molar refractivity (Wildman–Crippen MR) is 124 cm³/mol. The van der Waals surface area contributed by atoms with Crippen molar-refractivity contribution in [3.8, 4) is 22.4 Å². The van der Waals surface area contributed by atoms with E-state index in [1.54, 1.807) is 0 Å². The van der Waals surface area contributed by atoms with E-state index in [0.717, 1.165) is 71.2 Å². The van der Waals surface area contributed by atoms with Gasteiger partial charge in [0, 0.05) is 43.4 Å². The molecule has 6 heteroatoms. The van der Waals surface area contributed by atoms with Crippen molar-refractivity contribution in [2.24, 2.45) is 0 Å². The molecule has 0 unspecified atom stereocenters. The number of hydrogen-bond acceptors (Lipinski definition) is 4. The summed E-state index contributed by atoms with van der Waals surface area (Å²) in [6, 6.07) is 20.5. The number of hydrogen-bond donors (Lipinski definition) is 0. The van der Waals surface area contributed by atoms with E-state index in [-0.39, 0.29) is 0 Å². The Morgan fingerprint density at radius 1 is 0.867 bits per heavy atom. The number of aryl methyl sites for hydroxylation is 1. The second-order valence-electron chi connectivity index (χ2n) is 7.97. The molecular weight excluding hydrogens is 369 g/mol. The summed E-state index contributed by atoms with van der Waals surface area (Å²) in [7, 11) is 8.08. The van der Waals surface area contributed by atoms with Crippen LogP contribution >= 0.6 is 0 Å². The van der Waals surface area contributed by atoms with Gasteiger partial charge in [-0.25, -0.2) is 4.98 Å². The summed E-state index contributed by atoms with van der Waals surface area (Å²) in [6.07, 6.45) is 0. The number of anilines is 1. The second kappa shape index (κ2) is 7.61. The maximum Gasteiger partial charge on any atom is 0.166 e. The number of nitrogens with zero attached hydrogens (tertiary/aromatic N) is 5. The highest BCUT2D eigenvalue weighted by molar-refractivity contribution is 6.32. The lowest BCUT2D eigenvalue weighted by molar-refractivity contribution is 0.311. The Bertz CT molecular complexity index is 1180. The lowest BCUT2D eigenvalue weighted by Crippen LogP contribution is -2.45. The van der Waals surface area contributed by atoms with E-state index in [0.29, 0.717) is 0 Å². The van der Waals surface area contributed by atoms with Gasteiger partial charge in [-0.1, -0.05) is 60.1 Å². The second-order valence-corrected chi connectivity index (χ2v) is 7.97. The molecule has 0 spiro atoms. The van der Waals surface area contributed by atoms with Gasteiger partial charge in [-0.2, -0.15) is 9.61 Å². The molecule has 0 saturated carbocycles. The van der Waals surface area contributed by atoms with Gasteiger partial charge in [0.25, 0.3) is 0 Å². The molecule has 3 heterocycles. The molecule has 2 aromatic carbocycles. The van der Waals surface area contributed by atoms with Gasteiger partial charge < -0.3 is 9.80 Å². The number of likely N-dealkylation sites (N-methyl/N-ethyl adjacent to an activating group) is 1. The SMILES string of the molecule is [B]c1ccc(-c2cc(N3CCN(C)CC3)n3nc(C)c(-c4ccccc4)c3n2)cc1. The molecule has 2 aromatic heterocycles. The maximum atomic E-state index is 5.91. The van der Waals surface area contributed by atoms with Crippen molar-refractivity contribution < 1.29 is 0 Å². The van der Waals surface area contributed by atoms with E-state index >= 15 is 0 Å². The third-order valence-corrected chi connectivity index (χ3v) is 5.84. The number of aromatic nitrogens is 3. The first-order valence-electron chi connectivity index (χ1n) is 10.4. The van der Waals surface area contributed by atoms with Gasteiger partial charge in [0.2, 0.25) is 0 Å². The third-order valence-electron chi connectivity index (χ3n) is 5.84. The van der Waals surface area contributed by atoms with Crippen molar-refractivity contribution >= 4 is 24.8 Å². The van der Waals surface area contributed by atoms with Crippen LogP contribution in [0.25, 0.3) is 28.0 Å². The summed E-state index contributed by atoms with van der Waals surface area (Å²) >= 11 is 0. The lowest BCUT2D eigenvalue weighted by atomic mass is 9.95. The van der Waals surface area contributed by atoms with E-state index in [1.165, 1.54) is 0 Å². The standard InChI is InChI=1S/C24H24BN5/c1-17-23(19-6-4-3-5-7-19)24-26-21(18-8-10-20(25)11-9-18)16-22(30(24)27-17)29-14-12-28(2)13-15-29/h3-11,16H,12-15H2,1-2H3. The molecule has 2 radical (unpaired) electrons. The van der Waals surface area contributed by atoms with Gasteiger partial charge >= 0.3 is 0 Å². The Morgan fingerprint density at radius 3 is 2.27 bits per heavy atom. The molecule has 5 nitrogen and oxygen atoms in total. The summed E-state index contributed by atoms with van der Waals surface area (Å²) in [5, 5.41) is 4.91. The molecule has 0 aliphatic carbocycles. The fourth-order valence-corrected chi connectivity index (χ4v) is 4.11. The quantitative estimate of drug-likeness (QED) is 0.502. The molecule has 1 fully saturated rings. The van der Waals surface area contributed by atoms with E-state index in [9.17, 15) is 0 Å². The highest BCUT2D eigenvalue weighted by Crippen LogP contribution is 2.32. The molecular formula is C24H24BN5. The van der Waals surface area contributed by atoms with E-state index in [4.69, 9.17) is 17.9 Å². The average Bonchev–Trinajstić information content (AvgIpc) is 3.10. The Hall–Kier alpha value is -3.12. The van der Waals surface area contributed by atoms with Crippen LogP contribution < -0.4 is 10.4 Å². The molecule has 0 atom stereocenters. The molecule has 0 N–H and O–H groups in total. The van der Waals surface area contributed by atoms with Gasteiger partial charge in [-0.15, -0.1) is 0 Å². The van der Waals surface area contributed by atoms with Crippen molar-refractivity contribution in [2.45, 2.75) is 6.92 Å². The highest BCUT2D eigenvalue weighted by atomic mass is 15.4. The van der Waals surface area contributed by atoms with Gasteiger partial charge in [0.05, 0.1) is 11.4 Å². The zero-order chi connectivity index (χ0) is 20.7. The van der Waals surface area contributed by atoms with E-state index in [2.05, 4.69) is 54.1 Å². The summed E-state index contributed by atoms with van der Waals surface area (Å²) in [4.78, 5) is 9.84. The average molecular weight is 393 g/mol. The summed E-state index contributed by atoms with van der Waals surface area (Å²) in [5.41, 5.74) is 6.85. The summed E-state index contributed by atoms with van der Waals surface area (Å²) in [5.74, 6) is 1.09. The van der Waals surface area contributed by atoms with Crippen LogP contribution in [0.15, 0.2) is 60.7 Å². The Labute approximate surface area is 178 Å². The van der Waals surface area contributed by atoms with Crippen molar-refractivity contribution in [3.05, 3.63) is 66.4 Å². The largest absolute Gasteiger partial charge is 0.354 e. The van der Waals surface area contributed by atoms with Crippen LogP contribution in [0.4, 0.5) is 5.82 Å². The lowest BCUT2D eigenvalue weighted by Gasteiger charge is -2.34. The van der Waals surface area contributed by atoms with Crippen molar-refractivity contribution in [1.82, 2.24) is 19.5 Å². The minimum atomic E-state index is 0.754. The minimum Gasteiger partial charge on any atom is -0.354 e. The molecule has 4 aromatic rings. The normalized spacial score (nSPS) is 15.1. The number of benzene rings is 2. The zero-order valence-electron chi connectivity index (χ0n) is 17.4. The number of fused-ring (bicyclic) bond motifs is 1. The molecule has 1 saturated heterocycles. The van der Waals surface area contributed by atoms with Crippen LogP contribution in [-0.4, -0.2) is 60.6 Å². The van der Waals surface area contributed by atoms with Crippen LogP contribution in [0.5, 0.6) is 0 Å². The maximum absolute atomic E-state index is 5.91. The molecule has 5 rings (SSSR count). The van der Waals surface area contributed by atoms with Gasteiger partial charge in [0.1, 0.15) is 13.7 Å². The molecule has 0 amide bonds. The monoisotopic (exact) mass is 393 g/mol. The number of piperazine rings is 1. The van der Waals surface area contributed by atoms with Crippen molar-refractivity contribution in [1.29, 1.82) is 0 Å². The van der Waals surface area contributed by atoms with Crippen LogP contribution in [0, 0.1) is 6.92 Å². The first-order chi connectivity index (χ1) is 14.6. The molecule has 30 heavy (non-hydrogen) atoms. The first kappa shape index (κ1) is 18.9. The van der Waals surface area contributed by atoms with Crippen LogP contribution in [0.2, 0.25) is 0 Å². The molecule has 148 valence electrons. The van der Waals surface area contributed by atoms with E-state index < -0.39 is 0 Å². The smallest absolute Gasteiger partial charge is 0.166 e. The molecule has 1 aliphatic heterocycles. The summed E-state index contributed by atoms with van der Waals surface area (Å²) in [6.45, 7) is 6.07. The Morgan fingerprint density at radius 2 is 1.57 bits per heavy atom. The number of rotatable bonds is 3. The van der Waals surface area contributed by atoms with Gasteiger partial charge in [-0.05, 0) is 19.5 Å². The van der Waals surface area contributed by atoms with Crippen LogP contribution in [0.3, 0.4) is 0 Å². The molecule has 1 aliphatic rings. The van der Waals surface area contributed by atoms with Crippen LogP contribution in [-0.2, 0) is 0 Å². The predicted octanol–water partition coefficient (Wildman–Crippen LogP) is 2.92. The van der Waals surface area contributed by atoms with E-state index in [1.807, 2.05) is 34.8 Å². The molecule has 0 bridgehead atoms. The fraction of sp³-hybridized carbons (Fsp3) is 0.250. The summed E-state index contributed by atoms with van der Waals surface area (Å²) < 4.78 is 2.02. The van der Waals surface area contributed by atoms with Gasteiger partial charge in [0.15, 0.2) is 5.65 Å². The zero-order valence-corrected chi connectivity index (χ0v) is 17.4. The van der Waals surface area contributed by atoms with Crippen LogP contribution in [0.1, 0.15) is 5.69 Å². The third kappa shape index (κ3) is 3.37. The Kier molecular flexibility index (Phi) is 4.79. The topological polar surface area (TPSA) is 36.7 Å². The Balaban J connectivity index is 1.74.